The van der Waals surface area contributed by atoms with Crippen molar-refractivity contribution in [2.45, 2.75) is 13.5 Å². The molecule has 0 aromatic heterocycles. The monoisotopic (exact) mass is 225 g/mol. The molecule has 0 radical (unpaired) electrons. The van der Waals surface area contributed by atoms with Gasteiger partial charge in [-0.25, -0.2) is 14.2 Å². The number of halogens is 1. The lowest BCUT2D eigenvalue weighted by Crippen LogP contribution is -2.00. The fraction of sp³-hybridized carbons (Fsp3) is 0.364. The Kier molecular flexibility index (Phi) is 4.03. The molecule has 0 spiro atoms. The molecule has 0 amide bonds. The number of ether oxygens (including phenoxy) is 2. The molecular weight excluding hydrogens is 213 g/mol. The van der Waals surface area contributed by atoms with Crippen molar-refractivity contribution in [3.05, 3.63) is 23.0 Å². The molecule has 0 aliphatic heterocycles. The molecule has 86 valence electrons. The lowest BCUT2D eigenvalue weighted by atomic mass is 10.1. The van der Waals surface area contributed by atoms with Gasteiger partial charge in [0, 0.05) is 5.56 Å². The van der Waals surface area contributed by atoms with E-state index in [2.05, 4.69) is 4.99 Å². The maximum absolute atomic E-state index is 13.8. The van der Waals surface area contributed by atoms with Gasteiger partial charge in [-0.3, -0.25) is 0 Å². The van der Waals surface area contributed by atoms with Crippen LogP contribution in [-0.2, 0) is 11.3 Å². The van der Waals surface area contributed by atoms with E-state index in [9.17, 15) is 9.18 Å². The van der Waals surface area contributed by atoms with Gasteiger partial charge in [-0.1, -0.05) is 0 Å². The third kappa shape index (κ3) is 2.20. The average Bonchev–Trinajstić information content (AvgIpc) is 2.29. The van der Waals surface area contributed by atoms with Crippen LogP contribution in [0.15, 0.2) is 11.1 Å². The zero-order valence-corrected chi connectivity index (χ0v) is 9.33. The minimum absolute atomic E-state index is 0.0265. The van der Waals surface area contributed by atoms with Gasteiger partial charge in [-0.2, -0.15) is 0 Å². The number of isocyanates is 1. The van der Waals surface area contributed by atoms with Crippen molar-refractivity contribution in [1.29, 1.82) is 0 Å². The second-order valence-corrected chi connectivity index (χ2v) is 3.14. The third-order valence-electron chi connectivity index (χ3n) is 2.16. The number of hydrogen-bond acceptors (Lipinski definition) is 4. The highest BCUT2D eigenvalue weighted by atomic mass is 19.1. The number of methoxy groups -OCH3 is 2. The number of rotatable bonds is 4. The summed E-state index contributed by atoms with van der Waals surface area (Å²) in [6.45, 7) is 1.70. The lowest BCUT2D eigenvalue weighted by Gasteiger charge is -2.13. The van der Waals surface area contributed by atoms with E-state index in [1.165, 1.54) is 20.3 Å². The predicted molar refractivity (Wildman–Crippen MR) is 56.1 cm³/mol. The summed E-state index contributed by atoms with van der Waals surface area (Å²) in [6.07, 6.45) is 1.37. The summed E-state index contributed by atoms with van der Waals surface area (Å²) >= 11 is 0. The molecule has 1 rings (SSSR count). The molecule has 0 bridgehead atoms. The number of aliphatic imine (C=N–C) groups is 1. The highest BCUT2D eigenvalue weighted by Crippen LogP contribution is 2.35. The van der Waals surface area contributed by atoms with Crippen LogP contribution in [0.2, 0.25) is 0 Å². The van der Waals surface area contributed by atoms with Crippen LogP contribution in [0.5, 0.6) is 11.5 Å². The Labute approximate surface area is 92.7 Å². The highest BCUT2D eigenvalue weighted by molar-refractivity contribution is 5.50. The number of carbonyl (C=O) groups excluding carboxylic acids is 1. The van der Waals surface area contributed by atoms with Gasteiger partial charge >= 0.3 is 0 Å². The Hall–Kier alpha value is -1.87. The van der Waals surface area contributed by atoms with Crippen LogP contribution in [-0.4, -0.2) is 20.3 Å². The van der Waals surface area contributed by atoms with Crippen LogP contribution in [0.4, 0.5) is 4.39 Å². The first-order chi connectivity index (χ1) is 7.65. The van der Waals surface area contributed by atoms with Crippen LogP contribution in [0.1, 0.15) is 11.1 Å². The fourth-order valence-electron chi connectivity index (χ4n) is 1.48. The first kappa shape index (κ1) is 12.2. The summed E-state index contributed by atoms with van der Waals surface area (Å²) in [6, 6.07) is 1.57. The van der Waals surface area contributed by atoms with Crippen molar-refractivity contribution in [3.63, 3.8) is 0 Å². The quantitative estimate of drug-likeness (QED) is 0.581. The van der Waals surface area contributed by atoms with E-state index in [0.29, 0.717) is 5.75 Å². The largest absolute Gasteiger partial charge is 0.492 e. The van der Waals surface area contributed by atoms with Crippen molar-refractivity contribution >= 4 is 6.08 Å². The van der Waals surface area contributed by atoms with Gasteiger partial charge in [0.15, 0.2) is 17.3 Å². The Morgan fingerprint density at radius 1 is 1.38 bits per heavy atom. The molecule has 0 saturated carbocycles. The molecule has 0 saturated heterocycles. The van der Waals surface area contributed by atoms with Crippen LogP contribution in [0.25, 0.3) is 0 Å². The summed E-state index contributed by atoms with van der Waals surface area (Å²) in [7, 11) is 2.79. The second kappa shape index (κ2) is 5.28. The molecule has 16 heavy (non-hydrogen) atoms. The Balaban J connectivity index is 3.33. The minimum Gasteiger partial charge on any atom is -0.492 e. The molecular formula is C11H12FNO3. The van der Waals surface area contributed by atoms with E-state index in [0.717, 1.165) is 5.56 Å². The van der Waals surface area contributed by atoms with E-state index in [-0.39, 0.29) is 17.9 Å². The smallest absolute Gasteiger partial charge is 0.235 e. The summed E-state index contributed by atoms with van der Waals surface area (Å²) in [5.74, 6) is -0.193. The van der Waals surface area contributed by atoms with E-state index in [1.54, 1.807) is 13.0 Å². The highest BCUT2D eigenvalue weighted by Gasteiger charge is 2.17. The Morgan fingerprint density at radius 2 is 2.00 bits per heavy atom. The first-order valence-electron chi connectivity index (χ1n) is 4.59. The standard InChI is InChI=1S/C11H12FNO3/c1-7-4-8(5-13-6-14)9(12)11(16-3)10(7)15-2/h4H,5H2,1-3H3. The molecule has 5 heteroatoms. The fourth-order valence-corrected chi connectivity index (χ4v) is 1.48. The number of hydrogen-bond donors (Lipinski definition) is 0. The van der Waals surface area contributed by atoms with Gasteiger partial charge in [0.25, 0.3) is 0 Å². The van der Waals surface area contributed by atoms with E-state index in [4.69, 9.17) is 9.47 Å². The topological polar surface area (TPSA) is 47.9 Å². The summed E-state index contributed by atoms with van der Waals surface area (Å²) in [5.41, 5.74) is 0.996. The summed E-state index contributed by atoms with van der Waals surface area (Å²) < 4.78 is 23.8. The van der Waals surface area contributed by atoms with E-state index >= 15 is 0 Å². The van der Waals surface area contributed by atoms with Gasteiger partial charge < -0.3 is 9.47 Å². The number of benzene rings is 1. The minimum atomic E-state index is -0.566. The molecule has 1 aromatic rings. The van der Waals surface area contributed by atoms with Crippen molar-refractivity contribution in [3.8, 4) is 11.5 Å². The predicted octanol–water partition coefficient (Wildman–Crippen LogP) is 1.99. The Bertz CT molecular complexity index is 439. The van der Waals surface area contributed by atoms with E-state index < -0.39 is 5.82 Å². The molecule has 0 N–H and O–H groups in total. The van der Waals surface area contributed by atoms with Crippen LogP contribution < -0.4 is 9.47 Å². The van der Waals surface area contributed by atoms with Crippen molar-refractivity contribution in [1.82, 2.24) is 0 Å². The lowest BCUT2D eigenvalue weighted by molar-refractivity contribution is 0.334. The molecule has 4 nitrogen and oxygen atoms in total. The van der Waals surface area contributed by atoms with Gasteiger partial charge in [0.2, 0.25) is 6.08 Å². The molecule has 0 fully saturated rings. The van der Waals surface area contributed by atoms with Crippen molar-refractivity contribution in [2.24, 2.45) is 4.99 Å². The first-order valence-corrected chi connectivity index (χ1v) is 4.59. The van der Waals surface area contributed by atoms with Gasteiger partial charge in [0.1, 0.15) is 0 Å². The van der Waals surface area contributed by atoms with Gasteiger partial charge in [0.05, 0.1) is 20.8 Å². The summed E-state index contributed by atoms with van der Waals surface area (Å²) in [4.78, 5) is 13.3. The molecule has 0 atom stereocenters. The maximum atomic E-state index is 13.8. The molecule has 0 heterocycles. The van der Waals surface area contributed by atoms with E-state index in [1.807, 2.05) is 0 Å². The van der Waals surface area contributed by atoms with Crippen LogP contribution in [0.3, 0.4) is 0 Å². The molecule has 0 unspecified atom stereocenters. The average molecular weight is 225 g/mol. The zero-order valence-electron chi connectivity index (χ0n) is 9.33. The summed E-state index contributed by atoms with van der Waals surface area (Å²) in [5, 5.41) is 0. The Morgan fingerprint density at radius 3 is 2.50 bits per heavy atom. The second-order valence-electron chi connectivity index (χ2n) is 3.14. The third-order valence-corrected chi connectivity index (χ3v) is 2.16. The molecule has 1 aromatic carbocycles. The molecule has 0 aliphatic carbocycles. The normalized spacial score (nSPS) is 9.50. The number of nitrogens with zero attached hydrogens (tertiary/aromatic N) is 1. The maximum Gasteiger partial charge on any atom is 0.235 e. The number of aryl methyl sites for hydroxylation is 1. The van der Waals surface area contributed by atoms with Gasteiger partial charge in [-0.15, -0.1) is 0 Å². The van der Waals surface area contributed by atoms with Gasteiger partial charge in [-0.05, 0) is 18.6 Å². The SMILES string of the molecule is COc1c(C)cc(CN=C=O)c(F)c1OC. The van der Waals surface area contributed by atoms with Crippen LogP contribution >= 0.6 is 0 Å². The van der Waals surface area contributed by atoms with Crippen molar-refractivity contribution < 1.29 is 18.7 Å². The molecule has 0 aliphatic rings. The zero-order chi connectivity index (χ0) is 12.1. The van der Waals surface area contributed by atoms with Crippen LogP contribution in [0, 0.1) is 12.7 Å². The van der Waals surface area contributed by atoms with Crippen molar-refractivity contribution in [2.75, 3.05) is 14.2 Å².